The van der Waals surface area contributed by atoms with Gasteiger partial charge in [0.25, 0.3) is 0 Å². The van der Waals surface area contributed by atoms with Crippen LogP contribution in [0.2, 0.25) is 0 Å². The van der Waals surface area contributed by atoms with Gasteiger partial charge in [0.2, 0.25) is 10.0 Å². The molecule has 0 fully saturated rings. The van der Waals surface area contributed by atoms with E-state index in [-0.39, 0.29) is 18.8 Å². The number of nitrogens with zero attached hydrogens (tertiary/aromatic N) is 2. The van der Waals surface area contributed by atoms with Crippen molar-refractivity contribution in [1.29, 1.82) is 0 Å². The lowest BCUT2D eigenvalue weighted by Gasteiger charge is -2.17. The Balaban J connectivity index is 3.03. The lowest BCUT2D eigenvalue weighted by Crippen LogP contribution is -2.28. The van der Waals surface area contributed by atoms with E-state index in [4.69, 9.17) is 10.8 Å². The van der Waals surface area contributed by atoms with Gasteiger partial charge in [0.1, 0.15) is 5.69 Å². The molecule has 0 unspecified atom stereocenters. The maximum Gasteiger partial charge on any atom is 0.312 e. The second-order valence-electron chi connectivity index (χ2n) is 4.56. The third-order valence-corrected chi connectivity index (χ3v) is 4.92. The van der Waals surface area contributed by atoms with Crippen LogP contribution in [0, 0.1) is 10.1 Å². The van der Waals surface area contributed by atoms with E-state index in [1.54, 1.807) is 0 Å². The van der Waals surface area contributed by atoms with Crippen LogP contribution in [0.4, 0.5) is 11.4 Å². The van der Waals surface area contributed by atoms with Gasteiger partial charge in [0, 0.05) is 20.2 Å². The normalized spacial score (nSPS) is 11.8. The van der Waals surface area contributed by atoms with Crippen LogP contribution in [-0.4, -0.2) is 43.0 Å². The quantitative estimate of drug-likeness (QED) is 0.318. The first-order chi connectivity index (χ1) is 9.82. The third kappa shape index (κ3) is 4.13. The Morgan fingerprint density at radius 1 is 1.33 bits per heavy atom. The highest BCUT2D eigenvalue weighted by Crippen LogP contribution is 2.31. The van der Waals surface area contributed by atoms with E-state index in [0.29, 0.717) is 19.3 Å². The van der Waals surface area contributed by atoms with Crippen LogP contribution in [-0.2, 0) is 10.0 Å². The molecule has 0 aliphatic carbocycles. The number of hydrogen-bond acceptors (Lipinski definition) is 6. The molecule has 1 aromatic carbocycles. The Bertz CT molecular complexity index is 603. The van der Waals surface area contributed by atoms with Crippen molar-refractivity contribution in [1.82, 2.24) is 4.31 Å². The summed E-state index contributed by atoms with van der Waals surface area (Å²) in [6.07, 6.45) is 1.83. The van der Waals surface area contributed by atoms with Crippen molar-refractivity contribution in [2.45, 2.75) is 24.2 Å². The second kappa shape index (κ2) is 7.34. The molecule has 118 valence electrons. The van der Waals surface area contributed by atoms with E-state index in [0.717, 1.165) is 4.31 Å². The summed E-state index contributed by atoms with van der Waals surface area (Å²) in [6.45, 7) is 0.269. The average Bonchev–Trinajstić information content (AvgIpc) is 2.42. The number of benzene rings is 1. The van der Waals surface area contributed by atoms with Crippen molar-refractivity contribution in [2.75, 3.05) is 25.9 Å². The smallest absolute Gasteiger partial charge is 0.312 e. The predicted octanol–water partition coefficient (Wildman–Crippen LogP) is 0.960. The van der Waals surface area contributed by atoms with Gasteiger partial charge in [-0.25, -0.2) is 12.7 Å². The minimum Gasteiger partial charge on any atom is -0.396 e. The van der Waals surface area contributed by atoms with Gasteiger partial charge in [-0.15, -0.1) is 0 Å². The number of nitro groups is 1. The number of sulfonamides is 1. The molecule has 0 spiro atoms. The molecule has 0 aliphatic heterocycles. The Labute approximate surface area is 123 Å². The summed E-state index contributed by atoms with van der Waals surface area (Å²) in [5, 5.41) is 19.7. The van der Waals surface area contributed by atoms with Gasteiger partial charge in [-0.1, -0.05) is 6.07 Å². The number of rotatable bonds is 8. The van der Waals surface area contributed by atoms with Gasteiger partial charge in [-0.3, -0.25) is 10.1 Å². The summed E-state index contributed by atoms with van der Waals surface area (Å²) >= 11 is 0. The minimum absolute atomic E-state index is 0.0527. The van der Waals surface area contributed by atoms with Gasteiger partial charge in [0.15, 0.2) is 4.90 Å². The van der Waals surface area contributed by atoms with E-state index in [2.05, 4.69) is 0 Å². The molecule has 0 heterocycles. The monoisotopic (exact) mass is 317 g/mol. The summed E-state index contributed by atoms with van der Waals surface area (Å²) in [5.74, 6) is 0. The Morgan fingerprint density at radius 2 is 2.00 bits per heavy atom. The molecule has 0 aromatic heterocycles. The third-order valence-electron chi connectivity index (χ3n) is 3.03. The summed E-state index contributed by atoms with van der Waals surface area (Å²) in [6, 6.07) is 3.83. The first-order valence-electron chi connectivity index (χ1n) is 6.42. The highest BCUT2D eigenvalue weighted by atomic mass is 32.2. The zero-order valence-electron chi connectivity index (χ0n) is 11.7. The van der Waals surface area contributed by atoms with E-state index >= 15 is 0 Å². The molecule has 0 amide bonds. The molecule has 3 N–H and O–H groups in total. The number of nitrogens with two attached hydrogens (primary N) is 1. The summed E-state index contributed by atoms with van der Waals surface area (Å²) in [4.78, 5) is 9.83. The number of para-hydroxylation sites is 1. The molecule has 0 bridgehead atoms. The zero-order valence-corrected chi connectivity index (χ0v) is 12.5. The highest BCUT2D eigenvalue weighted by Gasteiger charge is 2.30. The van der Waals surface area contributed by atoms with Crippen molar-refractivity contribution in [3.8, 4) is 0 Å². The van der Waals surface area contributed by atoms with Crippen LogP contribution in [0.15, 0.2) is 23.1 Å². The fourth-order valence-electron chi connectivity index (χ4n) is 1.85. The van der Waals surface area contributed by atoms with E-state index < -0.39 is 25.5 Å². The lowest BCUT2D eigenvalue weighted by atomic mass is 10.2. The van der Waals surface area contributed by atoms with E-state index in [1.807, 2.05) is 0 Å². The topological polar surface area (TPSA) is 127 Å². The minimum atomic E-state index is -3.98. The fourth-order valence-corrected chi connectivity index (χ4v) is 3.25. The number of nitrogen functional groups attached to an aromatic ring is 1. The van der Waals surface area contributed by atoms with Crippen LogP contribution in [0.3, 0.4) is 0 Å². The molecule has 9 heteroatoms. The number of aliphatic hydroxyl groups is 1. The van der Waals surface area contributed by atoms with Crippen LogP contribution in [0.25, 0.3) is 0 Å². The molecule has 21 heavy (non-hydrogen) atoms. The van der Waals surface area contributed by atoms with Crippen LogP contribution in [0.1, 0.15) is 19.3 Å². The van der Waals surface area contributed by atoms with Crippen molar-refractivity contribution in [2.24, 2.45) is 0 Å². The number of anilines is 1. The van der Waals surface area contributed by atoms with Gasteiger partial charge < -0.3 is 10.8 Å². The standard InChI is InChI=1S/C12H19N3O5S/c1-14(8-3-2-4-9-16)21(19,20)11-7-5-6-10(13)12(11)15(17)18/h5-7,16H,2-4,8-9,13H2,1H3. The molecule has 0 saturated carbocycles. The number of unbranched alkanes of at least 4 members (excludes halogenated alkanes) is 2. The molecular formula is C12H19N3O5S. The Morgan fingerprint density at radius 3 is 2.57 bits per heavy atom. The molecule has 0 radical (unpaired) electrons. The second-order valence-corrected chi connectivity index (χ2v) is 6.58. The molecular weight excluding hydrogens is 298 g/mol. The number of aliphatic hydroxyl groups excluding tert-OH is 1. The maximum atomic E-state index is 12.4. The number of hydrogen-bond donors (Lipinski definition) is 2. The molecule has 1 rings (SSSR count). The zero-order chi connectivity index (χ0) is 16.0. The van der Waals surface area contributed by atoms with Gasteiger partial charge in [-0.05, 0) is 31.4 Å². The fraction of sp³-hybridized carbons (Fsp3) is 0.500. The van der Waals surface area contributed by atoms with Gasteiger partial charge >= 0.3 is 5.69 Å². The molecule has 0 saturated heterocycles. The average molecular weight is 317 g/mol. The van der Waals surface area contributed by atoms with Crippen molar-refractivity contribution in [3.05, 3.63) is 28.3 Å². The first-order valence-corrected chi connectivity index (χ1v) is 7.86. The van der Waals surface area contributed by atoms with Crippen LogP contribution >= 0.6 is 0 Å². The molecule has 8 nitrogen and oxygen atoms in total. The SMILES string of the molecule is CN(CCCCCO)S(=O)(=O)c1cccc(N)c1[N+](=O)[O-]. The van der Waals surface area contributed by atoms with Crippen molar-refractivity contribution < 1.29 is 18.4 Å². The lowest BCUT2D eigenvalue weighted by molar-refractivity contribution is -0.386. The van der Waals surface area contributed by atoms with Crippen LogP contribution in [0.5, 0.6) is 0 Å². The first kappa shape index (κ1) is 17.3. The molecule has 0 aliphatic rings. The van der Waals surface area contributed by atoms with Crippen molar-refractivity contribution in [3.63, 3.8) is 0 Å². The van der Waals surface area contributed by atoms with E-state index in [1.165, 1.54) is 25.2 Å². The summed E-state index contributed by atoms with van der Waals surface area (Å²) in [7, 11) is -2.61. The number of nitro benzene ring substituents is 1. The highest BCUT2D eigenvalue weighted by molar-refractivity contribution is 7.89. The summed E-state index contributed by atoms with van der Waals surface area (Å²) in [5.41, 5.74) is 4.72. The maximum absolute atomic E-state index is 12.4. The van der Waals surface area contributed by atoms with Gasteiger partial charge in [0.05, 0.1) is 4.92 Å². The van der Waals surface area contributed by atoms with E-state index in [9.17, 15) is 18.5 Å². The molecule has 1 aromatic rings. The predicted molar refractivity (Wildman–Crippen MR) is 78.3 cm³/mol. The largest absolute Gasteiger partial charge is 0.396 e. The van der Waals surface area contributed by atoms with Crippen molar-refractivity contribution >= 4 is 21.4 Å². The summed E-state index contributed by atoms with van der Waals surface area (Å²) < 4.78 is 25.8. The van der Waals surface area contributed by atoms with Gasteiger partial charge in [-0.2, -0.15) is 0 Å². The van der Waals surface area contributed by atoms with Crippen LogP contribution < -0.4 is 5.73 Å². The Hall–Kier alpha value is -1.71. The molecule has 0 atom stereocenters. The Kier molecular flexibility index (Phi) is 6.06.